The lowest BCUT2D eigenvalue weighted by Gasteiger charge is -2.55. The second-order valence-corrected chi connectivity index (χ2v) is 9.92. The minimum absolute atomic E-state index is 0.203. The van der Waals surface area contributed by atoms with Crippen LogP contribution >= 0.6 is 11.6 Å². The van der Waals surface area contributed by atoms with Crippen molar-refractivity contribution in [2.45, 2.75) is 68.7 Å². The van der Waals surface area contributed by atoms with Gasteiger partial charge in [-0.25, -0.2) is 0 Å². The van der Waals surface area contributed by atoms with E-state index < -0.39 is 11.3 Å². The number of alkyl halides is 1. The number of likely N-dealkylation sites (tertiary alicyclic amines) is 1. The molecule has 35 heavy (non-hydrogen) atoms. The van der Waals surface area contributed by atoms with Crippen molar-refractivity contribution in [3.8, 4) is 11.5 Å². The zero-order chi connectivity index (χ0) is 25.3. The van der Waals surface area contributed by atoms with E-state index in [9.17, 15) is 4.79 Å². The molecule has 3 rings (SSSR count). The predicted molar refractivity (Wildman–Crippen MR) is 140 cm³/mol. The first kappa shape index (κ1) is 27.5. The summed E-state index contributed by atoms with van der Waals surface area (Å²) in [7, 11) is 3.28. The molecule has 0 amide bonds. The first-order chi connectivity index (χ1) is 16.9. The third-order valence-corrected chi connectivity index (χ3v) is 7.49. The molecule has 1 aliphatic heterocycles. The third kappa shape index (κ3) is 6.56. The highest BCUT2D eigenvalue weighted by Gasteiger charge is 2.53. The molecule has 1 aliphatic rings. The molecule has 1 fully saturated rings. The van der Waals surface area contributed by atoms with Crippen LogP contribution in [0, 0.1) is 0 Å². The standard InChI is InChI=1S/C28H39ClN2O4/c1-4-13-27(30)21-28(23-11-7-5-8-12-23,31(19-26(27)29)14-9-6-10-15-32)35-20-22-16-24(33-2)18-25(17-22)34-3/h5,7-8,11-12,15-18,26H,4,6,9-10,13-14,19-21,30H2,1-3H3. The summed E-state index contributed by atoms with van der Waals surface area (Å²) in [4.78, 5) is 13.2. The minimum Gasteiger partial charge on any atom is -0.497 e. The number of hydrogen-bond donors (Lipinski definition) is 1. The molecule has 0 radical (unpaired) electrons. The number of ether oxygens (including phenoxy) is 3. The normalized spacial score (nSPS) is 24.8. The average molecular weight is 503 g/mol. The Labute approximate surface area is 214 Å². The van der Waals surface area contributed by atoms with Gasteiger partial charge in [-0.15, -0.1) is 11.6 Å². The zero-order valence-electron chi connectivity index (χ0n) is 21.2. The molecule has 3 atom stereocenters. The van der Waals surface area contributed by atoms with Gasteiger partial charge in [-0.1, -0.05) is 43.7 Å². The fraction of sp³-hybridized carbons (Fsp3) is 0.536. The lowest BCUT2D eigenvalue weighted by molar-refractivity contribution is -0.205. The number of methoxy groups -OCH3 is 2. The SMILES string of the molecule is CCCC1(N)CC(OCc2cc(OC)cc(OC)c2)(c2ccccc2)N(CCCCC=O)CC1Cl. The fourth-order valence-electron chi connectivity index (χ4n) is 5.07. The highest BCUT2D eigenvalue weighted by atomic mass is 35.5. The van der Waals surface area contributed by atoms with Crippen LogP contribution < -0.4 is 15.2 Å². The number of benzene rings is 2. The van der Waals surface area contributed by atoms with Crippen molar-refractivity contribution in [1.29, 1.82) is 0 Å². The number of piperidine rings is 1. The molecular weight excluding hydrogens is 464 g/mol. The van der Waals surface area contributed by atoms with Gasteiger partial charge in [0.15, 0.2) is 0 Å². The smallest absolute Gasteiger partial charge is 0.150 e. The predicted octanol–water partition coefficient (Wildman–Crippen LogP) is 5.25. The van der Waals surface area contributed by atoms with E-state index >= 15 is 0 Å². The zero-order valence-corrected chi connectivity index (χ0v) is 21.9. The highest BCUT2D eigenvalue weighted by Crippen LogP contribution is 2.46. The minimum atomic E-state index is -0.756. The van der Waals surface area contributed by atoms with E-state index in [1.54, 1.807) is 14.2 Å². The van der Waals surface area contributed by atoms with Crippen LogP contribution in [-0.4, -0.2) is 49.4 Å². The average Bonchev–Trinajstić information content (AvgIpc) is 2.88. The molecule has 0 aliphatic carbocycles. The van der Waals surface area contributed by atoms with Crippen molar-refractivity contribution in [3.63, 3.8) is 0 Å². The van der Waals surface area contributed by atoms with Crippen LogP contribution in [0.3, 0.4) is 0 Å². The molecule has 1 heterocycles. The molecular formula is C28H39ClN2O4. The van der Waals surface area contributed by atoms with Crippen molar-refractivity contribution >= 4 is 17.9 Å². The van der Waals surface area contributed by atoms with Crippen LogP contribution in [0.2, 0.25) is 0 Å². The van der Waals surface area contributed by atoms with Crippen LogP contribution in [0.25, 0.3) is 0 Å². The maximum Gasteiger partial charge on any atom is 0.150 e. The molecule has 2 aromatic rings. The molecule has 7 heteroatoms. The molecule has 192 valence electrons. The molecule has 3 unspecified atom stereocenters. The summed E-state index contributed by atoms with van der Waals surface area (Å²) in [5.41, 5.74) is 7.68. The van der Waals surface area contributed by atoms with Crippen molar-refractivity contribution in [3.05, 3.63) is 59.7 Å². The number of rotatable bonds is 13. The van der Waals surface area contributed by atoms with E-state index in [1.807, 2.05) is 36.4 Å². The Morgan fingerprint density at radius 1 is 1.11 bits per heavy atom. The number of hydrogen-bond acceptors (Lipinski definition) is 6. The molecule has 2 aromatic carbocycles. The van der Waals surface area contributed by atoms with Crippen molar-refractivity contribution < 1.29 is 19.0 Å². The number of carbonyl (C=O) groups excluding carboxylic acids is 1. The Hall–Kier alpha value is -2.12. The first-order valence-electron chi connectivity index (χ1n) is 12.4. The number of carbonyl (C=O) groups is 1. The number of unbranched alkanes of at least 4 members (excludes halogenated alkanes) is 2. The van der Waals surface area contributed by atoms with Gasteiger partial charge < -0.3 is 24.7 Å². The van der Waals surface area contributed by atoms with Gasteiger partial charge in [0.05, 0.1) is 26.2 Å². The quantitative estimate of drug-likeness (QED) is 0.229. The van der Waals surface area contributed by atoms with Gasteiger partial charge in [0.2, 0.25) is 0 Å². The van der Waals surface area contributed by atoms with Crippen LogP contribution in [0.1, 0.15) is 56.6 Å². The molecule has 2 N–H and O–H groups in total. The van der Waals surface area contributed by atoms with Gasteiger partial charge in [0.25, 0.3) is 0 Å². The van der Waals surface area contributed by atoms with E-state index in [4.69, 9.17) is 31.5 Å². The van der Waals surface area contributed by atoms with Crippen molar-refractivity contribution in [1.82, 2.24) is 4.90 Å². The largest absolute Gasteiger partial charge is 0.497 e. The van der Waals surface area contributed by atoms with Gasteiger partial charge in [-0.05, 0) is 42.5 Å². The van der Waals surface area contributed by atoms with E-state index in [-0.39, 0.29) is 5.38 Å². The number of nitrogens with zero attached hydrogens (tertiary/aromatic N) is 1. The second kappa shape index (κ2) is 12.7. The summed E-state index contributed by atoms with van der Waals surface area (Å²) >= 11 is 6.94. The van der Waals surface area contributed by atoms with Crippen molar-refractivity contribution in [2.24, 2.45) is 5.73 Å². The Balaban J connectivity index is 2.01. The Bertz CT molecular complexity index is 922. The van der Waals surface area contributed by atoms with Crippen LogP contribution in [0.15, 0.2) is 48.5 Å². The number of halogens is 1. The molecule has 0 bridgehead atoms. The molecule has 6 nitrogen and oxygen atoms in total. The van der Waals surface area contributed by atoms with E-state index in [1.165, 1.54) is 0 Å². The molecule has 0 aromatic heterocycles. The van der Waals surface area contributed by atoms with Crippen LogP contribution in [0.4, 0.5) is 0 Å². The number of nitrogens with two attached hydrogens (primary N) is 1. The summed E-state index contributed by atoms with van der Waals surface area (Å²) < 4.78 is 17.8. The summed E-state index contributed by atoms with van der Waals surface area (Å²) in [5.74, 6) is 1.43. The van der Waals surface area contributed by atoms with Gasteiger partial charge in [-0.2, -0.15) is 0 Å². The number of aldehydes is 1. The molecule has 0 spiro atoms. The Morgan fingerprint density at radius 2 is 1.80 bits per heavy atom. The van der Waals surface area contributed by atoms with Gasteiger partial charge in [0.1, 0.15) is 23.5 Å². The lowest BCUT2D eigenvalue weighted by Crippen LogP contribution is -2.67. The van der Waals surface area contributed by atoms with Gasteiger partial charge >= 0.3 is 0 Å². The monoisotopic (exact) mass is 502 g/mol. The van der Waals surface area contributed by atoms with Gasteiger partial charge in [-0.3, -0.25) is 4.90 Å². The maximum absolute atomic E-state index is 10.9. The lowest BCUT2D eigenvalue weighted by atomic mass is 9.75. The Kier molecular flexibility index (Phi) is 9.99. The highest BCUT2D eigenvalue weighted by molar-refractivity contribution is 6.21. The van der Waals surface area contributed by atoms with E-state index in [0.717, 1.165) is 49.6 Å². The van der Waals surface area contributed by atoms with Crippen LogP contribution in [0.5, 0.6) is 11.5 Å². The van der Waals surface area contributed by atoms with Crippen LogP contribution in [-0.2, 0) is 21.9 Å². The van der Waals surface area contributed by atoms with E-state index in [0.29, 0.717) is 37.5 Å². The summed E-state index contributed by atoms with van der Waals surface area (Å²) in [5, 5.41) is -0.203. The first-order valence-corrected chi connectivity index (χ1v) is 12.9. The third-order valence-electron chi connectivity index (χ3n) is 6.91. The maximum atomic E-state index is 10.9. The Morgan fingerprint density at radius 3 is 2.40 bits per heavy atom. The summed E-state index contributed by atoms with van der Waals surface area (Å²) in [6.45, 7) is 3.85. The summed E-state index contributed by atoms with van der Waals surface area (Å²) in [6, 6.07) is 16.1. The van der Waals surface area contributed by atoms with Gasteiger partial charge in [0, 0.05) is 37.5 Å². The topological polar surface area (TPSA) is 74.0 Å². The molecule has 1 saturated heterocycles. The molecule has 0 saturated carbocycles. The summed E-state index contributed by atoms with van der Waals surface area (Å²) in [6.07, 6.45) is 5.55. The second-order valence-electron chi connectivity index (χ2n) is 9.40. The van der Waals surface area contributed by atoms with E-state index in [2.05, 4.69) is 24.0 Å². The van der Waals surface area contributed by atoms with Crippen molar-refractivity contribution in [2.75, 3.05) is 27.3 Å². The fourth-order valence-corrected chi connectivity index (χ4v) is 5.42.